The number of methoxy groups -OCH3 is 1. The molecule has 0 saturated carbocycles. The highest BCUT2D eigenvalue weighted by atomic mass is 16.5. The lowest BCUT2D eigenvalue weighted by molar-refractivity contribution is -0.150. The number of phenols is 1. The molecule has 152 valence electrons. The topological polar surface area (TPSA) is 66.8 Å². The Hall–Kier alpha value is -2.04. The van der Waals surface area contributed by atoms with Gasteiger partial charge in [-0.3, -0.25) is 9.59 Å². The zero-order valence-electron chi connectivity index (χ0n) is 18.5. The van der Waals surface area contributed by atoms with E-state index in [1.807, 2.05) is 53.7 Å². The molecule has 0 heterocycles. The summed E-state index contributed by atoms with van der Waals surface area (Å²) in [5, 5.41) is 10.9. The van der Waals surface area contributed by atoms with Crippen LogP contribution in [0.25, 0.3) is 0 Å². The maximum atomic E-state index is 12.5. The number of carbonyl (C=O) groups excluding carboxylic acids is 2. The largest absolute Gasteiger partial charge is 0.507 e. The van der Waals surface area contributed by atoms with E-state index in [2.05, 4.69) is 0 Å². The standard InChI is InChI=1S/C22H35NO4/c1-14(24)23(13-22(8,9)19(26)27-10)15-11-16(20(2,3)4)18(25)17(12-15)21(5,6)7/h11-12,25H,13H2,1-10H3. The first kappa shape index (κ1) is 23.0. The molecule has 0 atom stereocenters. The average Bonchev–Trinajstić information content (AvgIpc) is 2.49. The molecule has 0 unspecified atom stereocenters. The molecule has 0 aliphatic heterocycles. The zero-order valence-corrected chi connectivity index (χ0v) is 18.5. The molecule has 1 N–H and O–H groups in total. The van der Waals surface area contributed by atoms with Crippen LogP contribution in [-0.2, 0) is 25.2 Å². The maximum absolute atomic E-state index is 12.5. The van der Waals surface area contributed by atoms with Crippen LogP contribution in [0.1, 0.15) is 73.4 Å². The second kappa shape index (κ2) is 7.53. The number of carbonyl (C=O) groups is 2. The third-order valence-electron chi connectivity index (χ3n) is 4.69. The van der Waals surface area contributed by atoms with E-state index in [9.17, 15) is 14.7 Å². The van der Waals surface area contributed by atoms with E-state index < -0.39 is 5.41 Å². The summed E-state index contributed by atoms with van der Waals surface area (Å²) in [6, 6.07) is 3.69. The van der Waals surface area contributed by atoms with Crippen LogP contribution in [-0.4, -0.2) is 30.6 Å². The van der Waals surface area contributed by atoms with Gasteiger partial charge >= 0.3 is 5.97 Å². The lowest BCUT2D eigenvalue weighted by Gasteiger charge is -2.33. The number of aromatic hydroxyl groups is 1. The Balaban J connectivity index is 3.65. The highest BCUT2D eigenvalue weighted by molar-refractivity contribution is 5.93. The van der Waals surface area contributed by atoms with Crippen LogP contribution in [0, 0.1) is 5.41 Å². The number of anilines is 1. The predicted octanol–water partition coefficient (Wildman–Crippen LogP) is 4.54. The Kier molecular flexibility index (Phi) is 6.41. The van der Waals surface area contributed by atoms with Crippen LogP contribution in [0.3, 0.4) is 0 Å². The lowest BCUT2D eigenvalue weighted by Crippen LogP contribution is -2.42. The number of benzene rings is 1. The molecule has 0 bridgehead atoms. The van der Waals surface area contributed by atoms with Gasteiger partial charge in [0, 0.05) is 30.3 Å². The van der Waals surface area contributed by atoms with Gasteiger partial charge in [0.2, 0.25) is 5.91 Å². The first-order chi connectivity index (χ1) is 12.0. The molecule has 1 amide bonds. The second-order valence-corrected chi connectivity index (χ2v) is 9.87. The third kappa shape index (κ3) is 5.24. The molecule has 5 nitrogen and oxygen atoms in total. The fourth-order valence-electron chi connectivity index (χ4n) is 3.04. The summed E-state index contributed by atoms with van der Waals surface area (Å²) in [6.45, 7) is 17.3. The molecule has 5 heteroatoms. The Bertz CT molecular complexity index is 686. The Morgan fingerprint density at radius 3 is 1.67 bits per heavy atom. The Morgan fingerprint density at radius 1 is 0.963 bits per heavy atom. The molecule has 0 aliphatic rings. The van der Waals surface area contributed by atoms with Crippen molar-refractivity contribution >= 4 is 17.6 Å². The second-order valence-electron chi connectivity index (χ2n) is 9.87. The van der Waals surface area contributed by atoms with Crippen LogP contribution in [0.2, 0.25) is 0 Å². The van der Waals surface area contributed by atoms with Crippen LogP contribution < -0.4 is 4.90 Å². The summed E-state index contributed by atoms with van der Waals surface area (Å²) < 4.78 is 4.89. The molecule has 0 saturated heterocycles. The van der Waals surface area contributed by atoms with Crippen molar-refractivity contribution in [3.63, 3.8) is 0 Å². The maximum Gasteiger partial charge on any atom is 0.313 e. The third-order valence-corrected chi connectivity index (χ3v) is 4.69. The monoisotopic (exact) mass is 377 g/mol. The van der Waals surface area contributed by atoms with Gasteiger partial charge < -0.3 is 14.7 Å². The molecule has 1 aromatic carbocycles. The SMILES string of the molecule is COC(=O)C(C)(C)CN(C(C)=O)c1cc(C(C)(C)C)c(O)c(C(C)(C)C)c1. The number of esters is 1. The van der Waals surface area contributed by atoms with Crippen LogP contribution >= 0.6 is 0 Å². The van der Waals surface area contributed by atoms with E-state index in [1.54, 1.807) is 18.7 Å². The molecular formula is C22H35NO4. The molecule has 1 rings (SSSR count). The van der Waals surface area contributed by atoms with E-state index in [1.165, 1.54) is 14.0 Å². The lowest BCUT2D eigenvalue weighted by atomic mass is 9.79. The molecule has 0 aliphatic carbocycles. The van der Waals surface area contributed by atoms with Crippen molar-refractivity contribution in [1.29, 1.82) is 0 Å². The number of rotatable bonds is 4. The van der Waals surface area contributed by atoms with Gasteiger partial charge in [0.1, 0.15) is 5.75 Å². The van der Waals surface area contributed by atoms with E-state index in [4.69, 9.17) is 4.74 Å². The summed E-state index contributed by atoms with van der Waals surface area (Å²) >= 11 is 0. The minimum Gasteiger partial charge on any atom is -0.507 e. The smallest absolute Gasteiger partial charge is 0.313 e. The van der Waals surface area contributed by atoms with Gasteiger partial charge in [-0.05, 0) is 36.8 Å². The summed E-state index contributed by atoms with van der Waals surface area (Å²) in [4.78, 5) is 26.2. The molecule has 27 heavy (non-hydrogen) atoms. The summed E-state index contributed by atoms with van der Waals surface area (Å²) in [5.41, 5.74) is 0.745. The number of amides is 1. The summed E-state index contributed by atoms with van der Waals surface area (Å²) in [5.74, 6) is -0.286. The van der Waals surface area contributed by atoms with E-state index in [0.717, 1.165) is 11.1 Å². The van der Waals surface area contributed by atoms with Crippen LogP contribution in [0.15, 0.2) is 12.1 Å². The van der Waals surface area contributed by atoms with Crippen LogP contribution in [0.4, 0.5) is 5.69 Å². The number of nitrogens with zero attached hydrogens (tertiary/aromatic N) is 1. The van der Waals surface area contributed by atoms with Crippen LogP contribution in [0.5, 0.6) is 5.75 Å². The Morgan fingerprint density at radius 2 is 1.37 bits per heavy atom. The van der Waals surface area contributed by atoms with Gasteiger partial charge in [0.25, 0.3) is 0 Å². The molecule has 0 radical (unpaired) electrons. The van der Waals surface area contributed by atoms with Gasteiger partial charge in [-0.25, -0.2) is 0 Å². The number of phenolic OH excluding ortho intramolecular Hbond substituents is 1. The zero-order chi connectivity index (χ0) is 21.4. The minimum absolute atomic E-state index is 0.169. The van der Waals surface area contributed by atoms with Crippen molar-refractivity contribution in [2.24, 2.45) is 5.41 Å². The van der Waals surface area contributed by atoms with E-state index >= 15 is 0 Å². The summed E-state index contributed by atoms with van der Waals surface area (Å²) in [6.07, 6.45) is 0. The first-order valence-corrected chi connectivity index (χ1v) is 9.27. The molecular weight excluding hydrogens is 342 g/mol. The van der Waals surface area contributed by atoms with Crippen molar-refractivity contribution < 1.29 is 19.4 Å². The first-order valence-electron chi connectivity index (χ1n) is 9.27. The van der Waals surface area contributed by atoms with E-state index in [0.29, 0.717) is 5.69 Å². The van der Waals surface area contributed by atoms with Crippen molar-refractivity contribution in [3.8, 4) is 5.75 Å². The van der Waals surface area contributed by atoms with Gasteiger partial charge in [-0.1, -0.05) is 41.5 Å². The Labute approximate surface area is 163 Å². The fourth-order valence-corrected chi connectivity index (χ4v) is 3.04. The number of hydrogen-bond acceptors (Lipinski definition) is 4. The highest BCUT2D eigenvalue weighted by Gasteiger charge is 2.34. The fraction of sp³-hybridized carbons (Fsp3) is 0.636. The van der Waals surface area contributed by atoms with Gasteiger partial charge in [-0.15, -0.1) is 0 Å². The van der Waals surface area contributed by atoms with Gasteiger partial charge in [0.05, 0.1) is 12.5 Å². The van der Waals surface area contributed by atoms with Gasteiger partial charge in [-0.2, -0.15) is 0 Å². The molecule has 1 aromatic rings. The van der Waals surface area contributed by atoms with Crippen molar-refractivity contribution in [2.45, 2.75) is 73.1 Å². The highest BCUT2D eigenvalue weighted by Crippen LogP contribution is 2.42. The quantitative estimate of drug-likeness (QED) is 0.782. The van der Waals surface area contributed by atoms with Crippen molar-refractivity contribution in [3.05, 3.63) is 23.3 Å². The van der Waals surface area contributed by atoms with Crippen molar-refractivity contribution in [2.75, 3.05) is 18.6 Å². The average molecular weight is 378 g/mol. The molecule has 0 aromatic heterocycles. The number of hydrogen-bond donors (Lipinski definition) is 1. The number of ether oxygens (including phenoxy) is 1. The van der Waals surface area contributed by atoms with Gasteiger partial charge in [0.15, 0.2) is 0 Å². The summed E-state index contributed by atoms with van der Waals surface area (Å²) in [7, 11) is 1.35. The van der Waals surface area contributed by atoms with Crippen molar-refractivity contribution in [1.82, 2.24) is 0 Å². The molecule has 0 spiro atoms. The normalized spacial score (nSPS) is 12.7. The minimum atomic E-state index is -0.859. The molecule has 0 fully saturated rings. The predicted molar refractivity (Wildman–Crippen MR) is 109 cm³/mol. The van der Waals surface area contributed by atoms with E-state index in [-0.39, 0.29) is 35.0 Å².